The lowest BCUT2D eigenvalue weighted by Crippen LogP contribution is -2.41. The molecule has 6 nitrogen and oxygen atoms in total. The summed E-state index contributed by atoms with van der Waals surface area (Å²) in [6, 6.07) is 7.03. The molecule has 0 radical (unpaired) electrons. The van der Waals surface area contributed by atoms with Crippen molar-refractivity contribution in [3.63, 3.8) is 0 Å². The van der Waals surface area contributed by atoms with Crippen LogP contribution >= 0.6 is 11.6 Å². The Morgan fingerprint density at radius 2 is 1.70 bits per heavy atom. The van der Waals surface area contributed by atoms with Gasteiger partial charge in [0.1, 0.15) is 5.75 Å². The second kappa shape index (κ2) is 6.03. The minimum absolute atomic E-state index is 0.0347. The van der Waals surface area contributed by atoms with Crippen LogP contribution in [0.2, 0.25) is 5.02 Å². The second-order valence-corrected chi connectivity index (χ2v) is 4.24. The minimum atomic E-state index is -0.674. The maximum atomic E-state index is 11.8. The molecule has 0 spiro atoms. The molecule has 20 heavy (non-hydrogen) atoms. The predicted octanol–water partition coefficient (Wildman–Crippen LogP) is 1.52. The van der Waals surface area contributed by atoms with E-state index in [0.717, 1.165) is 0 Å². The molecule has 7 heteroatoms. The van der Waals surface area contributed by atoms with Gasteiger partial charge < -0.3 is 5.11 Å². The number of aromatic nitrogens is 1. The molecular formula is C13H10ClN3O3. The minimum Gasteiger partial charge on any atom is -0.507 e. The summed E-state index contributed by atoms with van der Waals surface area (Å²) in [6.07, 6.45) is 2.92. The lowest BCUT2D eigenvalue weighted by Gasteiger charge is -2.08. The van der Waals surface area contributed by atoms with E-state index in [2.05, 4.69) is 15.8 Å². The largest absolute Gasteiger partial charge is 0.507 e. The SMILES string of the molecule is O=C(NNC(=O)c1cc(Cl)ccc1O)c1ccncc1. The van der Waals surface area contributed by atoms with Gasteiger partial charge in [-0.2, -0.15) is 0 Å². The van der Waals surface area contributed by atoms with Crippen LogP contribution in [0.15, 0.2) is 42.7 Å². The van der Waals surface area contributed by atoms with Crippen LogP contribution in [-0.4, -0.2) is 21.9 Å². The molecule has 2 aromatic rings. The van der Waals surface area contributed by atoms with Gasteiger partial charge in [-0.15, -0.1) is 0 Å². The first-order valence-corrected chi connectivity index (χ1v) is 5.95. The quantitative estimate of drug-likeness (QED) is 0.732. The molecule has 0 atom stereocenters. The van der Waals surface area contributed by atoms with Gasteiger partial charge >= 0.3 is 0 Å². The summed E-state index contributed by atoms with van der Waals surface area (Å²) in [5.41, 5.74) is 4.72. The maximum Gasteiger partial charge on any atom is 0.273 e. The van der Waals surface area contributed by atoms with Crippen LogP contribution in [0.1, 0.15) is 20.7 Å². The molecule has 0 saturated carbocycles. The number of hydrogen-bond donors (Lipinski definition) is 3. The van der Waals surface area contributed by atoms with Gasteiger partial charge in [-0.1, -0.05) is 11.6 Å². The molecule has 102 valence electrons. The number of carbonyl (C=O) groups excluding carboxylic acids is 2. The van der Waals surface area contributed by atoms with Crippen molar-refractivity contribution < 1.29 is 14.7 Å². The number of hydrazine groups is 1. The topological polar surface area (TPSA) is 91.3 Å². The van der Waals surface area contributed by atoms with Gasteiger partial charge in [0.05, 0.1) is 5.56 Å². The fourth-order valence-electron chi connectivity index (χ4n) is 1.45. The zero-order valence-corrected chi connectivity index (χ0v) is 10.9. The number of halogens is 1. The molecule has 0 aliphatic rings. The van der Waals surface area contributed by atoms with E-state index in [1.165, 1.54) is 42.7 Å². The number of hydrogen-bond acceptors (Lipinski definition) is 4. The van der Waals surface area contributed by atoms with Crippen LogP contribution in [0.4, 0.5) is 0 Å². The van der Waals surface area contributed by atoms with Crippen molar-refractivity contribution in [1.82, 2.24) is 15.8 Å². The number of pyridine rings is 1. The summed E-state index contributed by atoms with van der Waals surface area (Å²) in [5.74, 6) is -1.40. The molecule has 0 bridgehead atoms. The van der Waals surface area contributed by atoms with Gasteiger partial charge in [0.25, 0.3) is 11.8 Å². The number of benzene rings is 1. The molecule has 0 aliphatic heterocycles. The van der Waals surface area contributed by atoms with Gasteiger partial charge in [0.2, 0.25) is 0 Å². The van der Waals surface area contributed by atoms with Gasteiger partial charge in [-0.3, -0.25) is 25.4 Å². The Balaban J connectivity index is 2.02. The van der Waals surface area contributed by atoms with Gasteiger partial charge in [-0.25, -0.2) is 0 Å². The van der Waals surface area contributed by atoms with E-state index in [-0.39, 0.29) is 11.3 Å². The first-order chi connectivity index (χ1) is 9.58. The molecule has 2 rings (SSSR count). The molecule has 1 aromatic carbocycles. The first-order valence-electron chi connectivity index (χ1n) is 5.57. The van der Waals surface area contributed by atoms with E-state index in [1.54, 1.807) is 0 Å². The summed E-state index contributed by atoms with van der Waals surface area (Å²) in [6.45, 7) is 0. The average Bonchev–Trinajstić information content (AvgIpc) is 2.47. The zero-order valence-electron chi connectivity index (χ0n) is 10.1. The number of aromatic hydroxyl groups is 1. The fraction of sp³-hybridized carbons (Fsp3) is 0. The third kappa shape index (κ3) is 3.24. The molecule has 1 heterocycles. The summed E-state index contributed by atoms with van der Waals surface area (Å²) in [4.78, 5) is 27.3. The van der Waals surface area contributed by atoms with Crippen LogP contribution in [0, 0.1) is 0 Å². The number of nitrogens with zero attached hydrogens (tertiary/aromatic N) is 1. The lowest BCUT2D eigenvalue weighted by atomic mass is 10.2. The molecular weight excluding hydrogens is 282 g/mol. The summed E-state index contributed by atoms with van der Waals surface area (Å²) >= 11 is 5.73. The van der Waals surface area contributed by atoms with Crippen molar-refractivity contribution in [3.05, 3.63) is 58.9 Å². The van der Waals surface area contributed by atoms with E-state index in [4.69, 9.17) is 11.6 Å². The van der Waals surface area contributed by atoms with E-state index >= 15 is 0 Å². The monoisotopic (exact) mass is 291 g/mol. The van der Waals surface area contributed by atoms with Crippen LogP contribution < -0.4 is 10.9 Å². The highest BCUT2D eigenvalue weighted by atomic mass is 35.5. The Kier molecular flexibility index (Phi) is 4.17. The van der Waals surface area contributed by atoms with Crippen molar-refractivity contribution in [3.8, 4) is 5.75 Å². The fourth-order valence-corrected chi connectivity index (χ4v) is 1.62. The number of phenols is 1. The van der Waals surface area contributed by atoms with E-state index < -0.39 is 11.8 Å². The molecule has 0 unspecified atom stereocenters. The summed E-state index contributed by atoms with van der Waals surface area (Å²) < 4.78 is 0. The number of amides is 2. The molecule has 1 aromatic heterocycles. The summed E-state index contributed by atoms with van der Waals surface area (Å²) in [7, 11) is 0. The standard InChI is InChI=1S/C13H10ClN3O3/c14-9-1-2-11(18)10(7-9)13(20)17-16-12(19)8-3-5-15-6-4-8/h1-7,18H,(H,16,19)(H,17,20). The normalized spacial score (nSPS) is 9.85. The average molecular weight is 292 g/mol. The highest BCUT2D eigenvalue weighted by molar-refractivity contribution is 6.31. The summed E-state index contributed by atoms with van der Waals surface area (Å²) in [5, 5.41) is 9.85. The lowest BCUT2D eigenvalue weighted by molar-refractivity contribution is 0.0845. The number of carbonyl (C=O) groups is 2. The van der Waals surface area contributed by atoms with Gasteiger partial charge in [-0.05, 0) is 30.3 Å². The Labute approximate surface area is 119 Å². The maximum absolute atomic E-state index is 11.8. The first kappa shape index (κ1) is 13.8. The molecule has 0 fully saturated rings. The Morgan fingerprint density at radius 3 is 2.40 bits per heavy atom. The molecule has 3 N–H and O–H groups in total. The van der Waals surface area contributed by atoms with Crippen molar-refractivity contribution in [2.75, 3.05) is 0 Å². The van der Waals surface area contributed by atoms with E-state index in [9.17, 15) is 14.7 Å². The van der Waals surface area contributed by atoms with Crippen LogP contribution in [0.25, 0.3) is 0 Å². The third-order valence-corrected chi connectivity index (χ3v) is 2.67. The van der Waals surface area contributed by atoms with Crippen LogP contribution in [0.3, 0.4) is 0 Å². The van der Waals surface area contributed by atoms with Crippen molar-refractivity contribution in [2.45, 2.75) is 0 Å². The van der Waals surface area contributed by atoms with Crippen LogP contribution in [-0.2, 0) is 0 Å². The predicted molar refractivity (Wildman–Crippen MR) is 72.3 cm³/mol. The number of rotatable bonds is 2. The molecule has 0 saturated heterocycles. The molecule has 0 aliphatic carbocycles. The van der Waals surface area contributed by atoms with Gasteiger partial charge in [0, 0.05) is 23.0 Å². The molecule has 2 amide bonds. The zero-order chi connectivity index (χ0) is 14.5. The third-order valence-electron chi connectivity index (χ3n) is 2.44. The van der Waals surface area contributed by atoms with Crippen LogP contribution in [0.5, 0.6) is 5.75 Å². The number of phenolic OH excluding ortho intramolecular Hbond substituents is 1. The Bertz CT molecular complexity index is 647. The van der Waals surface area contributed by atoms with Gasteiger partial charge in [0.15, 0.2) is 0 Å². The smallest absolute Gasteiger partial charge is 0.273 e. The van der Waals surface area contributed by atoms with Crippen molar-refractivity contribution in [2.24, 2.45) is 0 Å². The highest BCUT2D eigenvalue weighted by Gasteiger charge is 2.13. The van der Waals surface area contributed by atoms with E-state index in [0.29, 0.717) is 10.6 Å². The second-order valence-electron chi connectivity index (χ2n) is 3.81. The van der Waals surface area contributed by atoms with Crippen molar-refractivity contribution >= 4 is 23.4 Å². The van der Waals surface area contributed by atoms with E-state index in [1.807, 2.05) is 0 Å². The Morgan fingerprint density at radius 1 is 1.05 bits per heavy atom. The Hall–Kier alpha value is -2.60. The van der Waals surface area contributed by atoms with Crippen molar-refractivity contribution in [1.29, 1.82) is 0 Å². The number of nitrogens with one attached hydrogen (secondary N) is 2. The highest BCUT2D eigenvalue weighted by Crippen LogP contribution is 2.20.